The fourth-order valence-electron chi connectivity index (χ4n) is 2.65. The van der Waals surface area contributed by atoms with Gasteiger partial charge in [-0.25, -0.2) is 10.2 Å². The summed E-state index contributed by atoms with van der Waals surface area (Å²) in [4.78, 5) is 28.6. The number of carbonyl (C=O) groups is 2. The molecule has 4 aromatic rings. The summed E-state index contributed by atoms with van der Waals surface area (Å²) in [7, 11) is 0. The highest BCUT2D eigenvalue weighted by atomic mass is 35.5. The van der Waals surface area contributed by atoms with Gasteiger partial charge in [0.2, 0.25) is 0 Å². The first kappa shape index (κ1) is 19.8. The molecule has 1 N–H and O–H groups in total. The van der Waals surface area contributed by atoms with Crippen LogP contribution >= 0.6 is 22.9 Å². The average Bonchev–Trinajstić information content (AvgIpc) is 3.12. The van der Waals surface area contributed by atoms with E-state index in [0.717, 1.165) is 15.6 Å². The first-order chi connectivity index (χ1) is 14.6. The number of nitrogens with zero attached hydrogens (tertiary/aromatic N) is 2. The molecule has 0 bridgehead atoms. The summed E-state index contributed by atoms with van der Waals surface area (Å²) in [6.07, 6.45) is 4.56. The van der Waals surface area contributed by atoms with Crippen LogP contribution in [0.4, 0.5) is 0 Å². The van der Waals surface area contributed by atoms with Crippen molar-refractivity contribution in [3.8, 4) is 5.75 Å². The van der Waals surface area contributed by atoms with Gasteiger partial charge in [0.1, 0.15) is 10.6 Å². The van der Waals surface area contributed by atoms with Crippen LogP contribution in [0.3, 0.4) is 0 Å². The SMILES string of the molecule is O=C(NN=Cc1ccc(OC(=O)c2sc3ccccc3c2Cl)cc1)c1ccncc1. The number of nitrogens with one attached hydrogen (secondary N) is 1. The lowest BCUT2D eigenvalue weighted by Crippen LogP contribution is -2.17. The van der Waals surface area contributed by atoms with Gasteiger partial charge in [-0.3, -0.25) is 9.78 Å². The first-order valence-electron chi connectivity index (χ1n) is 8.84. The average molecular weight is 436 g/mol. The Morgan fingerprint density at radius 1 is 1.03 bits per heavy atom. The minimum atomic E-state index is -0.507. The molecule has 0 aliphatic carbocycles. The molecule has 0 unspecified atom stereocenters. The largest absolute Gasteiger partial charge is 0.422 e. The van der Waals surface area contributed by atoms with Crippen molar-refractivity contribution >= 4 is 51.1 Å². The van der Waals surface area contributed by atoms with Crippen LogP contribution in [-0.4, -0.2) is 23.1 Å². The molecule has 0 saturated heterocycles. The van der Waals surface area contributed by atoms with Crippen molar-refractivity contribution in [2.75, 3.05) is 0 Å². The molecule has 1 amide bonds. The van der Waals surface area contributed by atoms with E-state index in [1.807, 2.05) is 24.3 Å². The molecule has 6 nitrogen and oxygen atoms in total. The van der Waals surface area contributed by atoms with Gasteiger partial charge < -0.3 is 4.74 Å². The lowest BCUT2D eigenvalue weighted by atomic mass is 10.2. The molecule has 2 aromatic heterocycles. The molecule has 2 aromatic carbocycles. The van der Waals surface area contributed by atoms with E-state index in [0.29, 0.717) is 21.2 Å². The monoisotopic (exact) mass is 435 g/mol. The number of amides is 1. The van der Waals surface area contributed by atoms with Crippen LogP contribution in [0.5, 0.6) is 5.75 Å². The highest BCUT2D eigenvalue weighted by molar-refractivity contribution is 7.21. The van der Waals surface area contributed by atoms with Gasteiger partial charge in [-0.1, -0.05) is 29.8 Å². The van der Waals surface area contributed by atoms with Gasteiger partial charge in [-0.15, -0.1) is 11.3 Å². The van der Waals surface area contributed by atoms with E-state index in [1.54, 1.807) is 36.4 Å². The van der Waals surface area contributed by atoms with Gasteiger partial charge in [-0.05, 0) is 48.0 Å². The molecular formula is C22H14ClN3O3S. The number of thiophene rings is 1. The third kappa shape index (κ3) is 4.37. The molecule has 0 aliphatic rings. The standard InChI is InChI=1S/C22H14ClN3O3S/c23-19-17-3-1-2-4-18(17)30-20(19)22(28)29-16-7-5-14(6-8-16)13-25-26-21(27)15-9-11-24-12-10-15/h1-13H,(H,26,27). The Morgan fingerprint density at radius 3 is 2.50 bits per heavy atom. The van der Waals surface area contributed by atoms with E-state index in [4.69, 9.17) is 16.3 Å². The molecule has 0 atom stereocenters. The minimum absolute atomic E-state index is 0.334. The van der Waals surface area contributed by atoms with Gasteiger partial charge in [-0.2, -0.15) is 5.10 Å². The Bertz CT molecular complexity index is 1240. The fraction of sp³-hybridized carbons (Fsp3) is 0. The molecule has 30 heavy (non-hydrogen) atoms. The number of fused-ring (bicyclic) bond motifs is 1. The molecule has 8 heteroatoms. The number of ether oxygens (including phenoxy) is 1. The van der Waals surface area contributed by atoms with Gasteiger partial charge in [0, 0.05) is 28.0 Å². The number of rotatable bonds is 5. The van der Waals surface area contributed by atoms with Crippen LogP contribution in [0, 0.1) is 0 Å². The van der Waals surface area contributed by atoms with E-state index in [-0.39, 0.29) is 5.91 Å². The summed E-state index contributed by atoms with van der Waals surface area (Å²) in [5, 5.41) is 5.15. The van der Waals surface area contributed by atoms with E-state index >= 15 is 0 Å². The smallest absolute Gasteiger partial charge is 0.355 e. The van der Waals surface area contributed by atoms with Crippen LogP contribution in [0.1, 0.15) is 25.6 Å². The molecular weight excluding hydrogens is 422 g/mol. The molecule has 4 rings (SSSR count). The number of esters is 1. The molecule has 0 radical (unpaired) electrons. The number of hydrogen-bond donors (Lipinski definition) is 1. The Morgan fingerprint density at radius 2 is 1.77 bits per heavy atom. The topological polar surface area (TPSA) is 80.6 Å². The zero-order chi connectivity index (χ0) is 20.9. The van der Waals surface area contributed by atoms with Crippen molar-refractivity contribution in [2.24, 2.45) is 5.10 Å². The van der Waals surface area contributed by atoms with Crippen molar-refractivity contribution in [3.05, 3.63) is 94.1 Å². The van der Waals surface area contributed by atoms with Gasteiger partial charge >= 0.3 is 5.97 Å². The molecule has 0 spiro atoms. The second-order valence-corrected chi connectivity index (χ2v) is 7.57. The van der Waals surface area contributed by atoms with Crippen LogP contribution in [0.15, 0.2) is 78.2 Å². The summed E-state index contributed by atoms with van der Waals surface area (Å²) in [5.41, 5.74) is 3.63. The molecule has 0 fully saturated rings. The van der Waals surface area contributed by atoms with Crippen molar-refractivity contribution in [1.29, 1.82) is 0 Å². The lowest BCUT2D eigenvalue weighted by Gasteiger charge is -2.03. The second-order valence-electron chi connectivity index (χ2n) is 6.13. The number of aromatic nitrogens is 1. The van der Waals surface area contributed by atoms with Crippen LogP contribution in [0.25, 0.3) is 10.1 Å². The van der Waals surface area contributed by atoms with Crippen molar-refractivity contribution in [2.45, 2.75) is 0 Å². The van der Waals surface area contributed by atoms with E-state index in [9.17, 15) is 9.59 Å². The summed E-state index contributed by atoms with van der Waals surface area (Å²) in [6, 6.07) is 17.5. The Balaban J connectivity index is 1.39. The predicted octanol–water partition coefficient (Wildman–Crippen LogP) is 4.93. The highest BCUT2D eigenvalue weighted by Crippen LogP contribution is 2.35. The summed E-state index contributed by atoms with van der Waals surface area (Å²) in [5.74, 6) is -0.460. The maximum atomic E-state index is 12.5. The van der Waals surface area contributed by atoms with E-state index in [1.165, 1.54) is 29.9 Å². The highest BCUT2D eigenvalue weighted by Gasteiger charge is 2.18. The normalized spacial score (nSPS) is 11.0. The zero-order valence-corrected chi connectivity index (χ0v) is 17.0. The third-order valence-electron chi connectivity index (χ3n) is 4.13. The van der Waals surface area contributed by atoms with E-state index < -0.39 is 5.97 Å². The summed E-state index contributed by atoms with van der Waals surface area (Å²) >= 11 is 7.62. The van der Waals surface area contributed by atoms with Crippen LogP contribution in [0.2, 0.25) is 5.02 Å². The van der Waals surface area contributed by atoms with Gasteiger partial charge in [0.25, 0.3) is 5.91 Å². The van der Waals surface area contributed by atoms with E-state index in [2.05, 4.69) is 15.5 Å². The number of hydrazone groups is 1. The quantitative estimate of drug-likeness (QED) is 0.208. The minimum Gasteiger partial charge on any atom is -0.422 e. The molecule has 0 saturated carbocycles. The number of benzene rings is 2. The Labute approximate surface area is 180 Å². The van der Waals surface area contributed by atoms with Crippen molar-refractivity contribution < 1.29 is 14.3 Å². The Hall–Kier alpha value is -3.55. The number of pyridine rings is 1. The molecule has 0 aliphatic heterocycles. The van der Waals surface area contributed by atoms with Crippen LogP contribution < -0.4 is 10.2 Å². The lowest BCUT2D eigenvalue weighted by molar-refractivity contribution is 0.0739. The van der Waals surface area contributed by atoms with Crippen molar-refractivity contribution in [3.63, 3.8) is 0 Å². The molecule has 148 valence electrons. The number of halogens is 1. The summed E-state index contributed by atoms with van der Waals surface area (Å²) in [6.45, 7) is 0. The second kappa shape index (κ2) is 8.86. The summed E-state index contributed by atoms with van der Waals surface area (Å²) < 4.78 is 6.36. The maximum absolute atomic E-state index is 12.5. The maximum Gasteiger partial charge on any atom is 0.355 e. The van der Waals surface area contributed by atoms with Gasteiger partial charge in [0.15, 0.2) is 0 Å². The fourth-order valence-corrected chi connectivity index (χ4v) is 4.04. The Kier molecular flexibility index (Phi) is 5.83. The van der Waals surface area contributed by atoms with Crippen LogP contribution in [-0.2, 0) is 0 Å². The first-order valence-corrected chi connectivity index (χ1v) is 10.0. The number of carbonyl (C=O) groups excluding carboxylic acids is 2. The third-order valence-corrected chi connectivity index (χ3v) is 5.79. The number of hydrogen-bond acceptors (Lipinski definition) is 6. The van der Waals surface area contributed by atoms with Crippen molar-refractivity contribution in [1.82, 2.24) is 10.4 Å². The molecule has 2 heterocycles. The zero-order valence-electron chi connectivity index (χ0n) is 15.4. The predicted molar refractivity (Wildman–Crippen MR) is 118 cm³/mol. The van der Waals surface area contributed by atoms with Gasteiger partial charge in [0.05, 0.1) is 11.2 Å².